The first-order chi connectivity index (χ1) is 30.1. The number of hydrogen-bond donors (Lipinski definition) is 0. The van der Waals surface area contributed by atoms with Gasteiger partial charge in [-0.05, 0) is 127 Å². The van der Waals surface area contributed by atoms with Crippen molar-refractivity contribution in [2.45, 2.75) is 0 Å². The Hall–Kier alpha value is -6.18. The highest BCUT2D eigenvalue weighted by atomic mass is 32.1. The number of rotatable bonds is 6. The molecule has 0 aliphatic carbocycles. The molecule has 0 aliphatic rings. The van der Waals surface area contributed by atoms with E-state index in [1.54, 1.807) is 0 Å². The Morgan fingerprint density at radius 1 is 0.197 bits per heavy atom. The molecule has 8 aromatic carbocycles. The molecule has 5 heterocycles. The Balaban J connectivity index is 0.745. The van der Waals surface area contributed by atoms with E-state index in [1.807, 2.05) is 56.7 Å². The number of fused-ring (bicyclic) bond motifs is 7. The highest BCUT2D eigenvalue weighted by molar-refractivity contribution is 7.27. The smallest absolute Gasteiger partial charge is 0.0369 e. The Morgan fingerprint density at radius 2 is 0.492 bits per heavy atom. The largest absolute Gasteiger partial charge is 0.135 e. The first-order valence-electron chi connectivity index (χ1n) is 20.4. The zero-order valence-electron chi connectivity index (χ0n) is 32.5. The fraction of sp³-hybridized carbons (Fsp3) is 0. The van der Waals surface area contributed by atoms with E-state index < -0.39 is 0 Å². The summed E-state index contributed by atoms with van der Waals surface area (Å²) in [5, 5.41) is 7.95. The van der Waals surface area contributed by atoms with Gasteiger partial charge in [0.05, 0.1) is 0 Å². The molecule has 0 spiro atoms. The Morgan fingerprint density at radius 3 is 0.836 bits per heavy atom. The summed E-state index contributed by atoms with van der Waals surface area (Å²) in [5.41, 5.74) is 10.0. The van der Waals surface area contributed by atoms with E-state index in [0.717, 1.165) is 0 Å². The van der Waals surface area contributed by atoms with Crippen LogP contribution in [-0.2, 0) is 0 Å². The lowest BCUT2D eigenvalue weighted by atomic mass is 10.0. The molecule has 0 amide bonds. The third-order valence-corrected chi connectivity index (χ3v) is 17.7. The maximum absolute atomic E-state index is 2.42. The molecule has 5 heteroatoms. The van der Waals surface area contributed by atoms with Crippen molar-refractivity contribution in [2.24, 2.45) is 0 Å². The van der Waals surface area contributed by atoms with Crippen LogP contribution in [0.15, 0.2) is 194 Å². The molecule has 61 heavy (non-hydrogen) atoms. The summed E-state index contributed by atoms with van der Waals surface area (Å²) >= 11 is 9.41. The second-order valence-electron chi connectivity index (χ2n) is 15.7. The third kappa shape index (κ3) is 6.27. The minimum Gasteiger partial charge on any atom is -0.135 e. The third-order valence-electron chi connectivity index (χ3n) is 11.9. The maximum Gasteiger partial charge on any atom is 0.0369 e. The van der Waals surface area contributed by atoms with Gasteiger partial charge in [0, 0.05) is 58.5 Å². The van der Waals surface area contributed by atoms with E-state index in [2.05, 4.69) is 194 Å². The summed E-state index contributed by atoms with van der Waals surface area (Å²) in [6.45, 7) is 0. The molecule has 0 aliphatic heterocycles. The molecule has 0 nitrogen and oxygen atoms in total. The van der Waals surface area contributed by atoms with E-state index in [1.165, 1.54) is 125 Å². The molecular weight excluding hydrogens is 833 g/mol. The molecule has 0 saturated carbocycles. The number of benzene rings is 8. The van der Waals surface area contributed by atoms with Gasteiger partial charge < -0.3 is 0 Å². The summed E-state index contributed by atoms with van der Waals surface area (Å²) < 4.78 is 8.07. The van der Waals surface area contributed by atoms with Crippen molar-refractivity contribution in [3.05, 3.63) is 194 Å². The summed E-state index contributed by atoms with van der Waals surface area (Å²) in [6, 6.07) is 72.5. The SMILES string of the molecule is c1ccc2sc(-c3ccc(-c4ccc(-c5cc6cc7c(cc6s5)sc5cc6sc(-c8ccc(-c9ccc(-c%10cc%11ccccc%11s%10)cc9)cc8)cc6cc57)cc4)cc3)cc2c1. The van der Waals surface area contributed by atoms with Crippen LogP contribution in [0.1, 0.15) is 0 Å². The lowest BCUT2D eigenvalue weighted by Gasteiger charge is -2.05. The zero-order valence-corrected chi connectivity index (χ0v) is 36.6. The van der Waals surface area contributed by atoms with Crippen molar-refractivity contribution in [3.63, 3.8) is 0 Å². The molecule has 0 bridgehead atoms. The molecule has 0 saturated heterocycles. The molecule has 0 atom stereocenters. The molecule has 13 aromatic rings. The van der Waals surface area contributed by atoms with Crippen LogP contribution >= 0.6 is 56.7 Å². The predicted octanol–water partition coefficient (Wildman–Crippen LogP) is 18.9. The van der Waals surface area contributed by atoms with Crippen molar-refractivity contribution in [2.75, 3.05) is 0 Å². The van der Waals surface area contributed by atoms with Crippen molar-refractivity contribution < 1.29 is 0 Å². The van der Waals surface area contributed by atoms with Crippen LogP contribution in [-0.4, -0.2) is 0 Å². The highest BCUT2D eigenvalue weighted by Gasteiger charge is 2.14. The second kappa shape index (κ2) is 14.2. The van der Waals surface area contributed by atoms with E-state index in [0.29, 0.717) is 0 Å². The van der Waals surface area contributed by atoms with Gasteiger partial charge in [-0.15, -0.1) is 56.7 Å². The van der Waals surface area contributed by atoms with Crippen molar-refractivity contribution in [3.8, 4) is 64.0 Å². The lowest BCUT2D eigenvalue weighted by Crippen LogP contribution is -1.79. The predicted molar refractivity (Wildman–Crippen MR) is 273 cm³/mol. The molecule has 13 rings (SSSR count). The van der Waals surface area contributed by atoms with Gasteiger partial charge in [0.15, 0.2) is 0 Å². The van der Waals surface area contributed by atoms with Crippen molar-refractivity contribution >= 4 is 117 Å². The van der Waals surface area contributed by atoms with Gasteiger partial charge in [0.25, 0.3) is 0 Å². The van der Waals surface area contributed by atoms with Gasteiger partial charge in [0.2, 0.25) is 0 Å². The topological polar surface area (TPSA) is 0 Å². The van der Waals surface area contributed by atoms with Gasteiger partial charge in [-0.2, -0.15) is 0 Å². The Labute approximate surface area is 372 Å². The van der Waals surface area contributed by atoms with Crippen LogP contribution in [0.2, 0.25) is 0 Å². The van der Waals surface area contributed by atoms with Gasteiger partial charge in [-0.1, -0.05) is 133 Å². The minimum absolute atomic E-state index is 1.24. The fourth-order valence-electron chi connectivity index (χ4n) is 8.69. The fourth-order valence-corrected chi connectivity index (χ4v) is 14.3. The molecule has 0 unspecified atom stereocenters. The molecule has 5 aromatic heterocycles. The van der Waals surface area contributed by atoms with Gasteiger partial charge in [-0.3, -0.25) is 0 Å². The van der Waals surface area contributed by atoms with Crippen molar-refractivity contribution in [1.29, 1.82) is 0 Å². The number of hydrogen-bond acceptors (Lipinski definition) is 5. The van der Waals surface area contributed by atoms with Crippen LogP contribution in [0.25, 0.3) is 125 Å². The number of thiophene rings is 5. The zero-order chi connectivity index (χ0) is 40.0. The standard InChI is InChI=1S/C56H32S5/c1-3-7-47-41(5-1)27-49(57-47)37-17-9-33(10-18-37)35-13-21-39(22-14-35)51-29-43-25-45-46-26-44-30-52(60-54(44)32-56(46)61-55(45)31-53(43)59-51)40-23-15-36(16-24-40)34-11-19-38(20-12-34)50-28-42-6-2-4-8-48(42)58-50/h1-32H. The van der Waals surface area contributed by atoms with Crippen LogP contribution in [0, 0.1) is 0 Å². The Kier molecular flexibility index (Phi) is 8.28. The van der Waals surface area contributed by atoms with Crippen LogP contribution in [0.3, 0.4) is 0 Å². The van der Waals surface area contributed by atoms with Crippen LogP contribution < -0.4 is 0 Å². The van der Waals surface area contributed by atoms with Crippen LogP contribution in [0.4, 0.5) is 0 Å². The first kappa shape index (κ1) is 35.6. The average molecular weight is 865 g/mol. The van der Waals surface area contributed by atoms with E-state index in [9.17, 15) is 0 Å². The van der Waals surface area contributed by atoms with Gasteiger partial charge in [-0.25, -0.2) is 0 Å². The first-order valence-corrected chi connectivity index (χ1v) is 24.4. The van der Waals surface area contributed by atoms with E-state index >= 15 is 0 Å². The monoisotopic (exact) mass is 864 g/mol. The molecule has 286 valence electrons. The summed E-state index contributed by atoms with van der Waals surface area (Å²) in [5.74, 6) is 0. The van der Waals surface area contributed by atoms with E-state index in [-0.39, 0.29) is 0 Å². The summed E-state index contributed by atoms with van der Waals surface area (Å²) in [6.07, 6.45) is 0. The van der Waals surface area contributed by atoms with Gasteiger partial charge in [0.1, 0.15) is 0 Å². The summed E-state index contributed by atoms with van der Waals surface area (Å²) in [4.78, 5) is 5.25. The minimum atomic E-state index is 1.24. The molecule has 0 radical (unpaired) electrons. The van der Waals surface area contributed by atoms with Crippen LogP contribution in [0.5, 0.6) is 0 Å². The summed E-state index contributed by atoms with van der Waals surface area (Å²) in [7, 11) is 0. The average Bonchev–Trinajstić information content (AvgIpc) is 4.16. The molecule has 0 fully saturated rings. The lowest BCUT2D eigenvalue weighted by molar-refractivity contribution is 1.62. The molecule has 0 N–H and O–H groups in total. The van der Waals surface area contributed by atoms with Gasteiger partial charge >= 0.3 is 0 Å². The highest BCUT2D eigenvalue weighted by Crippen LogP contribution is 2.45. The second-order valence-corrected chi connectivity index (χ2v) is 21.1. The quantitative estimate of drug-likeness (QED) is 0.156. The molecular formula is C56H32S5. The maximum atomic E-state index is 2.42. The van der Waals surface area contributed by atoms with E-state index in [4.69, 9.17) is 0 Å². The van der Waals surface area contributed by atoms with Crippen molar-refractivity contribution in [1.82, 2.24) is 0 Å². The normalized spacial score (nSPS) is 11.9. The Bertz CT molecular complexity index is 3460.